The van der Waals surface area contributed by atoms with Gasteiger partial charge in [0.2, 0.25) is 0 Å². The maximum absolute atomic E-state index is 12.2. The van der Waals surface area contributed by atoms with Gasteiger partial charge in [0.1, 0.15) is 0 Å². The average Bonchev–Trinajstić information content (AvgIpc) is 2.20. The normalized spacial score (nSPS) is 14.6. The molecule has 0 aliphatic heterocycles. The van der Waals surface area contributed by atoms with Crippen LogP contribution in [0.4, 0.5) is 26.3 Å². The summed E-state index contributed by atoms with van der Waals surface area (Å²) in [5, 5.41) is 17.2. The Bertz CT molecular complexity index is 341. The van der Waals surface area contributed by atoms with E-state index in [-0.39, 0.29) is 12.0 Å². The van der Waals surface area contributed by atoms with Crippen molar-refractivity contribution in [1.29, 1.82) is 0 Å². The Labute approximate surface area is 104 Å². The van der Waals surface area contributed by atoms with Crippen LogP contribution in [0, 0.1) is 0 Å². The van der Waals surface area contributed by atoms with E-state index in [4.69, 9.17) is 10.2 Å². The molecule has 0 fully saturated rings. The first-order chi connectivity index (χ1) is 8.33. The largest absolute Gasteiger partial charge is 0.478 e. The molecule has 3 nitrogen and oxygen atoms in total. The second-order valence-corrected chi connectivity index (χ2v) is 3.94. The third kappa shape index (κ3) is 4.41. The average molecular weight is 294 g/mol. The molecule has 0 aromatic heterocycles. The van der Waals surface area contributed by atoms with Crippen molar-refractivity contribution in [3.8, 4) is 0 Å². The Morgan fingerprint density at radius 3 is 1.84 bits per heavy atom. The van der Waals surface area contributed by atoms with Gasteiger partial charge in [-0.15, -0.1) is 0 Å². The van der Waals surface area contributed by atoms with Gasteiger partial charge in [-0.05, 0) is 26.2 Å². The predicted molar refractivity (Wildman–Crippen MR) is 52.3 cm³/mol. The first-order valence-corrected chi connectivity index (χ1v) is 5.09. The number of hydrogen-bond donors (Lipinski definition) is 2. The molecule has 0 bridgehead atoms. The summed E-state index contributed by atoms with van der Waals surface area (Å²) >= 11 is 0. The number of aliphatic hydroxyl groups is 1. The number of alkyl halides is 6. The lowest BCUT2D eigenvalue weighted by molar-refractivity contribution is -0.370. The van der Waals surface area contributed by atoms with Crippen LogP contribution in [0.1, 0.15) is 26.2 Å². The zero-order chi connectivity index (χ0) is 15.5. The van der Waals surface area contributed by atoms with Crippen molar-refractivity contribution in [2.24, 2.45) is 0 Å². The molecule has 0 heterocycles. The molecule has 0 unspecified atom stereocenters. The topological polar surface area (TPSA) is 57.5 Å². The van der Waals surface area contributed by atoms with Crippen LogP contribution in [0.3, 0.4) is 0 Å². The van der Waals surface area contributed by atoms with Crippen molar-refractivity contribution in [2.75, 3.05) is 0 Å². The Morgan fingerprint density at radius 1 is 1.11 bits per heavy atom. The Kier molecular flexibility index (Phi) is 5.42. The smallest absolute Gasteiger partial charge is 0.426 e. The van der Waals surface area contributed by atoms with Gasteiger partial charge in [0, 0.05) is 5.57 Å². The number of rotatable bonds is 5. The van der Waals surface area contributed by atoms with Crippen LogP contribution in [0.25, 0.3) is 0 Å². The Hall–Kier alpha value is -1.25. The van der Waals surface area contributed by atoms with Gasteiger partial charge >= 0.3 is 18.3 Å². The molecule has 0 aromatic carbocycles. The van der Waals surface area contributed by atoms with E-state index >= 15 is 0 Å². The number of unbranched alkanes of at least 4 members (excludes halogenated alkanes) is 1. The number of halogens is 6. The second-order valence-electron chi connectivity index (χ2n) is 3.94. The van der Waals surface area contributed by atoms with Crippen LogP contribution in [0.15, 0.2) is 11.6 Å². The number of carboxylic acids is 1. The molecule has 0 aliphatic carbocycles. The van der Waals surface area contributed by atoms with Crippen molar-refractivity contribution < 1.29 is 41.4 Å². The highest BCUT2D eigenvalue weighted by molar-refractivity contribution is 5.85. The third-order valence-electron chi connectivity index (χ3n) is 2.47. The van der Waals surface area contributed by atoms with E-state index in [1.165, 1.54) is 0 Å². The first kappa shape index (κ1) is 17.8. The molecule has 0 amide bonds. The summed E-state index contributed by atoms with van der Waals surface area (Å²) in [6, 6.07) is 0. The number of carbonyl (C=O) groups is 1. The molecule has 0 spiro atoms. The fourth-order valence-electron chi connectivity index (χ4n) is 1.21. The molecule has 2 N–H and O–H groups in total. The van der Waals surface area contributed by atoms with E-state index in [0.29, 0.717) is 0 Å². The fourth-order valence-corrected chi connectivity index (χ4v) is 1.21. The zero-order valence-electron chi connectivity index (χ0n) is 9.77. The molecule has 0 atom stereocenters. The summed E-state index contributed by atoms with van der Waals surface area (Å²) in [4.78, 5) is 10.3. The van der Waals surface area contributed by atoms with Crippen molar-refractivity contribution in [1.82, 2.24) is 0 Å². The van der Waals surface area contributed by atoms with Gasteiger partial charge in [0.25, 0.3) is 5.60 Å². The van der Waals surface area contributed by atoms with Gasteiger partial charge < -0.3 is 10.2 Å². The number of carboxylic acid groups (broad SMARTS) is 1. The van der Waals surface area contributed by atoms with Gasteiger partial charge in [0.05, 0.1) is 0 Å². The minimum Gasteiger partial charge on any atom is -0.478 e. The number of allylic oxidation sites excluding steroid dienone is 1. The predicted octanol–water partition coefficient (Wildman–Crippen LogP) is 3.04. The lowest BCUT2D eigenvalue weighted by Gasteiger charge is -2.32. The highest BCUT2D eigenvalue weighted by Crippen LogP contribution is 2.45. The van der Waals surface area contributed by atoms with Crippen LogP contribution in [0.5, 0.6) is 0 Å². The number of aliphatic carboxylic acids is 1. The molecular weight excluding hydrogens is 282 g/mol. The molecule has 0 radical (unpaired) electrons. The van der Waals surface area contributed by atoms with Crippen LogP contribution in [-0.4, -0.2) is 34.1 Å². The third-order valence-corrected chi connectivity index (χ3v) is 2.47. The van der Waals surface area contributed by atoms with Crippen molar-refractivity contribution in [3.63, 3.8) is 0 Å². The van der Waals surface area contributed by atoms with E-state index in [9.17, 15) is 31.1 Å². The summed E-state index contributed by atoms with van der Waals surface area (Å²) in [7, 11) is 0. The van der Waals surface area contributed by atoms with Crippen molar-refractivity contribution in [2.45, 2.75) is 44.1 Å². The van der Waals surface area contributed by atoms with Gasteiger partial charge in [-0.25, -0.2) is 4.79 Å². The summed E-state index contributed by atoms with van der Waals surface area (Å²) in [6.45, 7) is 1.15. The van der Waals surface area contributed by atoms with Crippen molar-refractivity contribution in [3.05, 3.63) is 11.6 Å². The van der Waals surface area contributed by atoms with Gasteiger partial charge in [0.15, 0.2) is 0 Å². The zero-order valence-corrected chi connectivity index (χ0v) is 9.77. The Morgan fingerprint density at radius 2 is 1.53 bits per heavy atom. The van der Waals surface area contributed by atoms with Gasteiger partial charge in [-0.3, -0.25) is 0 Å². The summed E-state index contributed by atoms with van der Waals surface area (Å²) in [5.74, 6) is -1.32. The van der Waals surface area contributed by atoms with Gasteiger partial charge in [-0.1, -0.05) is 6.08 Å². The van der Waals surface area contributed by atoms with E-state index in [2.05, 4.69) is 0 Å². The van der Waals surface area contributed by atoms with E-state index in [1.807, 2.05) is 0 Å². The van der Waals surface area contributed by atoms with E-state index < -0.39 is 36.8 Å². The quantitative estimate of drug-likeness (QED) is 0.465. The summed E-state index contributed by atoms with van der Waals surface area (Å²) in [5.41, 5.74) is -4.96. The monoisotopic (exact) mass is 294 g/mol. The standard InChI is InChI=1S/C10H12F6O3/c1-6(7(17)18)4-2-3-5-8(19,9(11,12)13)10(14,15)16/h4,19H,2-3,5H2,1H3,(H,17,18). The molecular formula is C10H12F6O3. The maximum atomic E-state index is 12.2. The van der Waals surface area contributed by atoms with Crippen molar-refractivity contribution >= 4 is 5.97 Å². The van der Waals surface area contributed by atoms with Crippen LogP contribution >= 0.6 is 0 Å². The van der Waals surface area contributed by atoms with Crippen LogP contribution in [-0.2, 0) is 4.79 Å². The summed E-state index contributed by atoms with van der Waals surface area (Å²) < 4.78 is 73.4. The number of hydrogen-bond acceptors (Lipinski definition) is 2. The fraction of sp³-hybridized carbons (Fsp3) is 0.700. The molecule has 19 heavy (non-hydrogen) atoms. The SMILES string of the molecule is CC(=CCCCC(O)(C(F)(F)F)C(F)(F)F)C(=O)O. The van der Waals surface area contributed by atoms with Gasteiger partial charge in [-0.2, -0.15) is 26.3 Å². The summed E-state index contributed by atoms with van der Waals surface area (Å²) in [6.07, 6.45) is -13.2. The first-order valence-electron chi connectivity index (χ1n) is 5.09. The maximum Gasteiger partial charge on any atom is 0.426 e. The van der Waals surface area contributed by atoms with E-state index in [1.54, 1.807) is 0 Å². The van der Waals surface area contributed by atoms with Crippen LogP contribution < -0.4 is 0 Å². The highest BCUT2D eigenvalue weighted by Gasteiger charge is 2.69. The molecule has 0 saturated carbocycles. The molecule has 0 aromatic rings. The molecule has 0 rings (SSSR count). The minimum atomic E-state index is -5.84. The molecule has 0 aliphatic rings. The molecule has 9 heteroatoms. The highest BCUT2D eigenvalue weighted by atomic mass is 19.4. The second kappa shape index (κ2) is 5.81. The Balaban J connectivity index is 4.74. The minimum absolute atomic E-state index is 0.192. The molecule has 0 saturated heterocycles. The molecule has 112 valence electrons. The van der Waals surface area contributed by atoms with Crippen LogP contribution in [0.2, 0.25) is 0 Å². The lowest BCUT2D eigenvalue weighted by Crippen LogP contribution is -2.56. The van der Waals surface area contributed by atoms with E-state index in [0.717, 1.165) is 13.0 Å². The lowest BCUT2D eigenvalue weighted by atomic mass is 9.95.